The van der Waals surface area contributed by atoms with Crippen molar-refractivity contribution in [1.82, 2.24) is 10.6 Å². The molecular weight excluding hydrogens is 350 g/mol. The summed E-state index contributed by atoms with van der Waals surface area (Å²) in [5, 5.41) is 6.34. The Hall–Kier alpha value is -1.59. The lowest BCUT2D eigenvalue weighted by Gasteiger charge is -2.29. The standard InChI is InChI=1S/C20H27N3O2.ClH/c24-19(23-11-5-8-14-6-2-4-10-18(14)23)13-21-20(25)17-12-15-7-1-3-9-16(15)22-17;/h2,4,6,10,15-17,22H,1,3,5,7-9,11-13H2,(H,21,25);1H. The van der Waals surface area contributed by atoms with Crippen LogP contribution in [0.3, 0.4) is 0 Å². The van der Waals surface area contributed by atoms with Crippen LogP contribution >= 0.6 is 12.4 Å². The largest absolute Gasteiger partial charge is 0.346 e. The predicted molar refractivity (Wildman–Crippen MR) is 105 cm³/mol. The van der Waals surface area contributed by atoms with Gasteiger partial charge in [-0.25, -0.2) is 0 Å². The highest BCUT2D eigenvalue weighted by atomic mass is 35.5. The summed E-state index contributed by atoms with van der Waals surface area (Å²) in [6, 6.07) is 8.42. The maximum absolute atomic E-state index is 12.6. The fourth-order valence-electron chi connectivity index (χ4n) is 4.70. The number of fused-ring (bicyclic) bond motifs is 2. The van der Waals surface area contributed by atoms with Crippen LogP contribution in [0.5, 0.6) is 0 Å². The summed E-state index contributed by atoms with van der Waals surface area (Å²) < 4.78 is 0. The van der Waals surface area contributed by atoms with Gasteiger partial charge in [0.05, 0.1) is 12.6 Å². The summed E-state index contributed by atoms with van der Waals surface area (Å²) in [5.41, 5.74) is 2.22. The van der Waals surface area contributed by atoms with Crippen LogP contribution in [0.25, 0.3) is 0 Å². The molecule has 3 unspecified atom stereocenters. The molecule has 26 heavy (non-hydrogen) atoms. The van der Waals surface area contributed by atoms with Gasteiger partial charge in [0.2, 0.25) is 11.8 Å². The Labute approximate surface area is 161 Å². The van der Waals surface area contributed by atoms with Gasteiger partial charge in [-0.2, -0.15) is 0 Å². The van der Waals surface area contributed by atoms with E-state index in [9.17, 15) is 9.59 Å². The Bertz CT molecular complexity index is 652. The molecule has 142 valence electrons. The molecule has 0 aromatic heterocycles. The van der Waals surface area contributed by atoms with E-state index in [1.165, 1.54) is 31.2 Å². The maximum Gasteiger partial charge on any atom is 0.246 e. The molecule has 1 aliphatic carbocycles. The Morgan fingerprint density at radius 3 is 2.81 bits per heavy atom. The Morgan fingerprint density at radius 1 is 1.15 bits per heavy atom. The number of anilines is 1. The molecule has 2 amide bonds. The lowest BCUT2D eigenvalue weighted by molar-refractivity contribution is -0.126. The third-order valence-electron chi connectivity index (χ3n) is 6.00. The van der Waals surface area contributed by atoms with Gasteiger partial charge in [0.25, 0.3) is 0 Å². The van der Waals surface area contributed by atoms with E-state index in [4.69, 9.17) is 0 Å². The van der Waals surface area contributed by atoms with Crippen LogP contribution in [0.2, 0.25) is 0 Å². The minimum absolute atomic E-state index is 0. The van der Waals surface area contributed by atoms with E-state index >= 15 is 0 Å². The molecule has 6 heteroatoms. The molecule has 1 saturated carbocycles. The molecule has 2 fully saturated rings. The lowest BCUT2D eigenvalue weighted by Crippen LogP contribution is -2.48. The molecule has 1 aromatic carbocycles. The molecule has 2 aliphatic heterocycles. The zero-order valence-corrected chi connectivity index (χ0v) is 15.9. The fraction of sp³-hybridized carbons (Fsp3) is 0.600. The van der Waals surface area contributed by atoms with Gasteiger partial charge < -0.3 is 15.5 Å². The van der Waals surface area contributed by atoms with Gasteiger partial charge in [-0.15, -0.1) is 12.4 Å². The van der Waals surface area contributed by atoms with Gasteiger partial charge in [0.15, 0.2) is 0 Å². The quantitative estimate of drug-likeness (QED) is 0.850. The average molecular weight is 378 g/mol. The van der Waals surface area contributed by atoms with Crippen LogP contribution in [-0.4, -0.2) is 37.0 Å². The van der Waals surface area contributed by atoms with Gasteiger partial charge in [-0.05, 0) is 49.7 Å². The van der Waals surface area contributed by atoms with Crippen molar-refractivity contribution in [3.05, 3.63) is 29.8 Å². The highest BCUT2D eigenvalue weighted by Crippen LogP contribution is 2.33. The van der Waals surface area contributed by atoms with Crippen molar-refractivity contribution in [2.24, 2.45) is 5.92 Å². The first-order valence-corrected chi connectivity index (χ1v) is 9.64. The Kier molecular flexibility index (Phi) is 6.20. The number of carbonyl (C=O) groups is 2. The van der Waals surface area contributed by atoms with Crippen molar-refractivity contribution in [1.29, 1.82) is 0 Å². The second-order valence-electron chi connectivity index (χ2n) is 7.60. The predicted octanol–water partition coefficient (Wildman–Crippen LogP) is 2.42. The van der Waals surface area contributed by atoms with Crippen LogP contribution in [0.1, 0.15) is 44.1 Å². The summed E-state index contributed by atoms with van der Waals surface area (Å²) in [5.74, 6) is 0.595. The zero-order valence-electron chi connectivity index (χ0n) is 15.1. The minimum atomic E-state index is -0.130. The number of hydrogen-bond donors (Lipinski definition) is 2. The third kappa shape index (κ3) is 3.89. The number of aryl methyl sites for hydroxylation is 1. The third-order valence-corrected chi connectivity index (χ3v) is 6.00. The van der Waals surface area contributed by atoms with Crippen molar-refractivity contribution in [2.45, 2.75) is 57.0 Å². The Morgan fingerprint density at radius 2 is 1.96 bits per heavy atom. The molecule has 2 heterocycles. The second kappa shape index (κ2) is 8.40. The number of halogens is 1. The minimum Gasteiger partial charge on any atom is -0.346 e. The number of benzene rings is 1. The van der Waals surface area contributed by atoms with Crippen LogP contribution in [0.15, 0.2) is 24.3 Å². The highest BCUT2D eigenvalue weighted by Gasteiger charge is 2.38. The molecule has 5 nitrogen and oxygen atoms in total. The van der Waals surface area contributed by atoms with E-state index < -0.39 is 0 Å². The summed E-state index contributed by atoms with van der Waals surface area (Å²) in [6.07, 6.45) is 7.85. The topological polar surface area (TPSA) is 61.4 Å². The van der Waals surface area contributed by atoms with Crippen LogP contribution < -0.4 is 15.5 Å². The number of nitrogens with zero attached hydrogens (tertiary/aromatic N) is 1. The Balaban J connectivity index is 0.00000196. The molecule has 0 bridgehead atoms. The van der Waals surface area contributed by atoms with E-state index in [2.05, 4.69) is 16.7 Å². The van der Waals surface area contributed by atoms with Crippen molar-refractivity contribution >= 4 is 29.9 Å². The van der Waals surface area contributed by atoms with E-state index in [1.807, 2.05) is 23.1 Å². The average Bonchev–Trinajstić information content (AvgIpc) is 3.09. The van der Waals surface area contributed by atoms with Gasteiger partial charge in [-0.3, -0.25) is 9.59 Å². The molecule has 0 radical (unpaired) electrons. The first-order valence-electron chi connectivity index (χ1n) is 9.64. The number of hydrogen-bond acceptors (Lipinski definition) is 3. The molecule has 3 aliphatic rings. The smallest absolute Gasteiger partial charge is 0.246 e. The number of amides is 2. The van der Waals surface area contributed by atoms with Crippen molar-refractivity contribution < 1.29 is 9.59 Å². The summed E-state index contributed by atoms with van der Waals surface area (Å²) in [4.78, 5) is 26.9. The zero-order chi connectivity index (χ0) is 17.2. The number of rotatable bonds is 3. The lowest BCUT2D eigenvalue weighted by atomic mass is 9.85. The maximum atomic E-state index is 12.6. The van der Waals surface area contributed by atoms with Crippen LogP contribution in [-0.2, 0) is 16.0 Å². The SMILES string of the molecule is Cl.O=C(NCC(=O)N1CCCc2ccccc21)C1CC2CCCCC2N1. The number of para-hydroxylation sites is 1. The monoisotopic (exact) mass is 377 g/mol. The molecular formula is C20H28ClN3O2. The van der Waals surface area contributed by atoms with Crippen molar-refractivity contribution in [2.75, 3.05) is 18.0 Å². The number of carbonyl (C=O) groups excluding carboxylic acids is 2. The normalized spacial score (nSPS) is 27.1. The molecule has 1 saturated heterocycles. The van der Waals surface area contributed by atoms with Gasteiger partial charge in [0.1, 0.15) is 0 Å². The molecule has 0 spiro atoms. The van der Waals surface area contributed by atoms with Crippen molar-refractivity contribution in [3.63, 3.8) is 0 Å². The fourth-order valence-corrected chi connectivity index (χ4v) is 4.70. The van der Waals surface area contributed by atoms with Gasteiger partial charge >= 0.3 is 0 Å². The van der Waals surface area contributed by atoms with E-state index in [0.717, 1.165) is 31.5 Å². The second-order valence-corrected chi connectivity index (χ2v) is 7.60. The van der Waals surface area contributed by atoms with Crippen LogP contribution in [0, 0.1) is 5.92 Å². The van der Waals surface area contributed by atoms with Crippen LogP contribution in [0.4, 0.5) is 5.69 Å². The van der Waals surface area contributed by atoms with E-state index in [1.54, 1.807) is 0 Å². The van der Waals surface area contributed by atoms with Gasteiger partial charge in [-0.1, -0.05) is 31.0 Å². The molecule has 4 rings (SSSR count). The first kappa shape index (κ1) is 19.2. The van der Waals surface area contributed by atoms with E-state index in [0.29, 0.717) is 12.0 Å². The highest BCUT2D eigenvalue weighted by molar-refractivity contribution is 5.98. The molecule has 1 aromatic rings. The first-order chi connectivity index (χ1) is 12.2. The summed E-state index contributed by atoms with van der Waals surface area (Å²) in [7, 11) is 0. The number of nitrogens with one attached hydrogen (secondary N) is 2. The van der Waals surface area contributed by atoms with E-state index in [-0.39, 0.29) is 36.8 Å². The molecule has 3 atom stereocenters. The summed E-state index contributed by atoms with van der Waals surface area (Å²) >= 11 is 0. The van der Waals surface area contributed by atoms with Crippen molar-refractivity contribution in [3.8, 4) is 0 Å². The summed E-state index contributed by atoms with van der Waals surface area (Å²) in [6.45, 7) is 0.818. The molecule has 2 N–H and O–H groups in total. The van der Waals surface area contributed by atoms with Gasteiger partial charge in [0, 0.05) is 18.3 Å².